The van der Waals surface area contributed by atoms with Gasteiger partial charge in [-0.1, -0.05) is 6.92 Å². The van der Waals surface area contributed by atoms with Crippen LogP contribution in [0.15, 0.2) is 0 Å². The second-order valence-electron chi connectivity index (χ2n) is 8.18. The van der Waals surface area contributed by atoms with Gasteiger partial charge in [-0.2, -0.15) is 0 Å². The molecule has 0 amide bonds. The number of hydrogen-bond donors (Lipinski definition) is 3. The van der Waals surface area contributed by atoms with Gasteiger partial charge in [-0.15, -0.1) is 0 Å². The highest BCUT2D eigenvalue weighted by molar-refractivity contribution is 5.05. The number of hydrogen-bond acceptors (Lipinski definition) is 3. The average molecular weight is 277 g/mol. The molecule has 3 N–H and O–H groups in total. The maximum atomic E-state index is 4.02. The lowest BCUT2D eigenvalue weighted by molar-refractivity contribution is 0.0173. The Morgan fingerprint density at radius 1 is 0.750 bits per heavy atom. The lowest BCUT2D eigenvalue weighted by Gasteiger charge is -2.54. The topological polar surface area (TPSA) is 36.1 Å². The van der Waals surface area contributed by atoms with Gasteiger partial charge in [-0.3, -0.25) is 5.32 Å². The minimum atomic E-state index is 0.588. The second-order valence-corrected chi connectivity index (χ2v) is 8.18. The van der Waals surface area contributed by atoms with E-state index in [1.54, 1.807) is 0 Å². The van der Waals surface area contributed by atoms with Crippen molar-refractivity contribution in [2.45, 2.75) is 76.7 Å². The van der Waals surface area contributed by atoms with Crippen LogP contribution in [-0.4, -0.2) is 30.8 Å². The summed E-state index contributed by atoms with van der Waals surface area (Å²) in [6, 6.07) is 2.17. The highest BCUT2D eigenvalue weighted by Crippen LogP contribution is 2.42. The minimum Gasteiger partial charge on any atom is -0.310 e. The van der Waals surface area contributed by atoms with E-state index in [2.05, 4.69) is 29.8 Å². The van der Waals surface area contributed by atoms with Gasteiger partial charge in [0.05, 0.1) is 6.17 Å². The molecule has 3 aliphatic heterocycles. The van der Waals surface area contributed by atoms with E-state index >= 15 is 0 Å². The Hall–Kier alpha value is -0.120. The summed E-state index contributed by atoms with van der Waals surface area (Å²) in [5.74, 6) is 3.58. The van der Waals surface area contributed by atoms with E-state index in [1.165, 1.54) is 45.1 Å². The summed E-state index contributed by atoms with van der Waals surface area (Å²) in [4.78, 5) is 0. The Morgan fingerprint density at radius 2 is 1.50 bits per heavy atom. The monoisotopic (exact) mass is 277 g/mol. The first kappa shape index (κ1) is 13.5. The first-order valence-corrected chi connectivity index (χ1v) is 8.96. The lowest BCUT2D eigenvalue weighted by Crippen LogP contribution is -2.70. The second kappa shape index (κ2) is 5.26. The van der Waals surface area contributed by atoms with Crippen LogP contribution in [0.1, 0.15) is 52.4 Å². The summed E-state index contributed by atoms with van der Waals surface area (Å²) < 4.78 is 0. The largest absolute Gasteiger partial charge is 0.310 e. The van der Waals surface area contributed by atoms with Crippen LogP contribution in [0.2, 0.25) is 0 Å². The molecule has 4 rings (SSSR count). The zero-order chi connectivity index (χ0) is 13.7. The Labute approximate surface area is 123 Å². The molecular formula is C17H31N3. The average Bonchev–Trinajstić information content (AvgIpc) is 2.45. The highest BCUT2D eigenvalue weighted by atomic mass is 15.2. The van der Waals surface area contributed by atoms with Gasteiger partial charge in [0.25, 0.3) is 0 Å². The quantitative estimate of drug-likeness (QED) is 0.634. The van der Waals surface area contributed by atoms with E-state index < -0.39 is 0 Å². The van der Waals surface area contributed by atoms with Crippen LogP contribution in [0.25, 0.3) is 0 Å². The highest BCUT2D eigenvalue weighted by Gasteiger charge is 2.47. The van der Waals surface area contributed by atoms with Gasteiger partial charge in [-0.25, -0.2) is 0 Å². The first-order chi connectivity index (χ1) is 9.70. The van der Waals surface area contributed by atoms with Crippen molar-refractivity contribution in [2.75, 3.05) is 6.54 Å². The Kier molecular flexibility index (Phi) is 3.56. The van der Waals surface area contributed by atoms with E-state index in [0.717, 1.165) is 35.8 Å². The fourth-order valence-corrected chi connectivity index (χ4v) is 5.57. The maximum Gasteiger partial charge on any atom is 0.0603 e. The first-order valence-electron chi connectivity index (χ1n) is 8.96. The van der Waals surface area contributed by atoms with Crippen LogP contribution in [0.5, 0.6) is 0 Å². The van der Waals surface area contributed by atoms with Crippen LogP contribution in [0.4, 0.5) is 0 Å². The maximum absolute atomic E-state index is 4.02. The van der Waals surface area contributed by atoms with Crippen LogP contribution < -0.4 is 16.0 Å². The van der Waals surface area contributed by atoms with Crippen molar-refractivity contribution in [1.82, 2.24) is 16.0 Å². The summed E-state index contributed by atoms with van der Waals surface area (Å²) in [6.07, 6.45) is 9.22. The van der Waals surface area contributed by atoms with Crippen molar-refractivity contribution in [2.24, 2.45) is 23.7 Å². The normalized spacial score (nSPS) is 55.5. The van der Waals surface area contributed by atoms with Gasteiger partial charge in [0.2, 0.25) is 0 Å². The SMILES string of the molecule is CC1CNC2NC3C(CCC4CCC(C)NC43)CC2C1. The standard InChI is InChI=1S/C17H31N3/c1-10-7-14-8-13-6-5-12-4-3-11(2)19-15(12)16(13)20-17(14)18-9-10/h10-20H,3-9H2,1-2H3. The number of piperidine rings is 3. The van der Waals surface area contributed by atoms with Crippen molar-refractivity contribution in [3.05, 3.63) is 0 Å². The molecule has 0 radical (unpaired) electrons. The molecule has 0 bridgehead atoms. The fraction of sp³-hybridized carbons (Fsp3) is 1.00. The van der Waals surface area contributed by atoms with E-state index in [-0.39, 0.29) is 0 Å². The molecule has 1 saturated carbocycles. The molecule has 4 fully saturated rings. The molecule has 8 atom stereocenters. The molecule has 0 aromatic carbocycles. The molecule has 0 aromatic rings. The van der Waals surface area contributed by atoms with Crippen molar-refractivity contribution in [3.63, 3.8) is 0 Å². The summed E-state index contributed by atoms with van der Waals surface area (Å²) in [7, 11) is 0. The molecule has 114 valence electrons. The summed E-state index contributed by atoms with van der Waals surface area (Å²) in [5.41, 5.74) is 0. The molecule has 1 aliphatic carbocycles. The molecular weight excluding hydrogens is 246 g/mol. The predicted octanol–water partition coefficient (Wildman–Crippen LogP) is 2.09. The third kappa shape index (κ3) is 2.32. The Morgan fingerprint density at radius 3 is 2.40 bits per heavy atom. The van der Waals surface area contributed by atoms with Crippen LogP contribution in [0.3, 0.4) is 0 Å². The summed E-state index contributed by atoms with van der Waals surface area (Å²) in [5, 5.41) is 11.7. The lowest BCUT2D eigenvalue weighted by atomic mass is 9.65. The van der Waals surface area contributed by atoms with Gasteiger partial charge in [0.15, 0.2) is 0 Å². The van der Waals surface area contributed by atoms with Gasteiger partial charge < -0.3 is 10.6 Å². The molecule has 3 heteroatoms. The molecule has 0 spiro atoms. The van der Waals surface area contributed by atoms with E-state index in [9.17, 15) is 0 Å². The van der Waals surface area contributed by atoms with E-state index in [1.807, 2.05) is 0 Å². The smallest absolute Gasteiger partial charge is 0.0603 e. The van der Waals surface area contributed by atoms with Gasteiger partial charge in [0.1, 0.15) is 0 Å². The Balaban J connectivity index is 1.50. The molecule has 4 aliphatic rings. The third-order valence-corrected chi connectivity index (χ3v) is 6.60. The molecule has 8 unspecified atom stereocenters. The molecule has 3 nitrogen and oxygen atoms in total. The molecule has 20 heavy (non-hydrogen) atoms. The zero-order valence-electron chi connectivity index (χ0n) is 13.1. The minimum absolute atomic E-state index is 0.588. The van der Waals surface area contributed by atoms with Gasteiger partial charge >= 0.3 is 0 Å². The summed E-state index contributed by atoms with van der Waals surface area (Å²) in [6.45, 7) is 5.96. The summed E-state index contributed by atoms with van der Waals surface area (Å²) >= 11 is 0. The van der Waals surface area contributed by atoms with Gasteiger partial charge in [-0.05, 0) is 75.7 Å². The number of fused-ring (bicyclic) bond motifs is 4. The zero-order valence-corrected chi connectivity index (χ0v) is 13.1. The third-order valence-electron chi connectivity index (χ3n) is 6.60. The van der Waals surface area contributed by atoms with Gasteiger partial charge in [0, 0.05) is 18.1 Å². The van der Waals surface area contributed by atoms with Crippen molar-refractivity contribution < 1.29 is 0 Å². The van der Waals surface area contributed by atoms with Crippen LogP contribution in [-0.2, 0) is 0 Å². The molecule has 0 aromatic heterocycles. The van der Waals surface area contributed by atoms with E-state index in [0.29, 0.717) is 12.2 Å². The fourth-order valence-electron chi connectivity index (χ4n) is 5.57. The predicted molar refractivity (Wildman–Crippen MR) is 82.4 cm³/mol. The van der Waals surface area contributed by atoms with Crippen LogP contribution in [0, 0.1) is 23.7 Å². The van der Waals surface area contributed by atoms with Crippen molar-refractivity contribution >= 4 is 0 Å². The number of rotatable bonds is 0. The van der Waals surface area contributed by atoms with Crippen LogP contribution >= 0.6 is 0 Å². The molecule has 3 saturated heterocycles. The van der Waals surface area contributed by atoms with E-state index in [4.69, 9.17) is 0 Å². The van der Waals surface area contributed by atoms with Crippen molar-refractivity contribution in [3.8, 4) is 0 Å². The Bertz CT molecular complexity index is 358. The van der Waals surface area contributed by atoms with Crippen molar-refractivity contribution in [1.29, 1.82) is 0 Å². The molecule has 3 heterocycles. The number of nitrogens with one attached hydrogen (secondary N) is 3.